The number of anilines is 1. The van der Waals surface area contributed by atoms with Crippen LogP contribution in [0.25, 0.3) is 0 Å². The lowest BCUT2D eigenvalue weighted by Gasteiger charge is -2.13. The molecule has 0 saturated carbocycles. The maximum atomic E-state index is 10.7. The highest BCUT2D eigenvalue weighted by Crippen LogP contribution is 2.28. The van der Waals surface area contributed by atoms with Crippen LogP contribution in [0.2, 0.25) is 5.02 Å². The number of nitro groups is 1. The number of non-ortho nitro benzene ring substituents is 1. The molecule has 0 aliphatic carbocycles. The predicted molar refractivity (Wildman–Crippen MR) is 115 cm³/mol. The fourth-order valence-corrected chi connectivity index (χ4v) is 3.36. The van der Waals surface area contributed by atoms with E-state index in [-0.39, 0.29) is 5.69 Å². The van der Waals surface area contributed by atoms with Crippen LogP contribution in [-0.2, 0) is 13.2 Å². The van der Waals surface area contributed by atoms with Crippen molar-refractivity contribution in [3.63, 3.8) is 0 Å². The number of hydrogen-bond donors (Lipinski definition) is 1. The molecule has 0 saturated heterocycles. The molecule has 0 amide bonds. The maximum Gasteiger partial charge on any atom is 0.269 e. The molecule has 0 spiro atoms. The molecular weight excluding hydrogens is 444 g/mol. The van der Waals surface area contributed by atoms with Crippen molar-refractivity contribution < 1.29 is 9.66 Å². The average molecular weight is 462 g/mol. The zero-order chi connectivity index (χ0) is 20.1. The summed E-state index contributed by atoms with van der Waals surface area (Å²) in [6.45, 7) is 2.97. The molecule has 5 nitrogen and oxygen atoms in total. The lowest BCUT2D eigenvalue weighted by molar-refractivity contribution is -0.384. The van der Waals surface area contributed by atoms with Crippen LogP contribution in [0.15, 0.2) is 65.1 Å². The van der Waals surface area contributed by atoms with E-state index in [1.54, 1.807) is 12.1 Å². The number of nitro benzene ring substituents is 1. The molecule has 0 aromatic heterocycles. The van der Waals surface area contributed by atoms with Crippen LogP contribution in [0, 0.1) is 17.0 Å². The minimum atomic E-state index is -0.418. The SMILES string of the molecule is Cc1c(Cl)cccc1NCc1ccc(OCc2ccc([N+](=O)[O-])cc2)c(Br)c1. The van der Waals surface area contributed by atoms with Gasteiger partial charge >= 0.3 is 0 Å². The van der Waals surface area contributed by atoms with Gasteiger partial charge in [0.25, 0.3) is 5.69 Å². The summed E-state index contributed by atoms with van der Waals surface area (Å²) < 4.78 is 6.67. The highest BCUT2D eigenvalue weighted by Gasteiger charge is 2.07. The summed E-state index contributed by atoms with van der Waals surface area (Å²) in [4.78, 5) is 10.3. The van der Waals surface area contributed by atoms with E-state index in [1.165, 1.54) is 12.1 Å². The first-order chi connectivity index (χ1) is 13.4. The molecule has 0 unspecified atom stereocenters. The van der Waals surface area contributed by atoms with Gasteiger partial charge in [0.15, 0.2) is 0 Å². The number of ether oxygens (including phenoxy) is 1. The quantitative estimate of drug-likeness (QED) is 0.322. The molecule has 0 bridgehead atoms. The molecule has 1 N–H and O–H groups in total. The molecule has 3 rings (SSSR count). The van der Waals surface area contributed by atoms with Crippen molar-refractivity contribution in [1.82, 2.24) is 0 Å². The molecule has 0 fully saturated rings. The largest absolute Gasteiger partial charge is 0.488 e. The molecule has 144 valence electrons. The third-order valence-electron chi connectivity index (χ3n) is 4.29. The van der Waals surface area contributed by atoms with E-state index in [1.807, 2.05) is 43.3 Å². The second kappa shape index (κ2) is 9.08. The number of hydrogen-bond acceptors (Lipinski definition) is 4. The molecule has 0 heterocycles. The third kappa shape index (κ3) is 5.03. The highest BCUT2D eigenvalue weighted by atomic mass is 79.9. The Morgan fingerprint density at radius 2 is 1.82 bits per heavy atom. The van der Waals surface area contributed by atoms with Crippen molar-refractivity contribution in [1.29, 1.82) is 0 Å². The molecule has 0 aliphatic rings. The van der Waals surface area contributed by atoms with Crippen LogP contribution >= 0.6 is 27.5 Å². The van der Waals surface area contributed by atoms with Gasteiger partial charge in [0.1, 0.15) is 12.4 Å². The number of halogens is 2. The normalized spacial score (nSPS) is 10.5. The van der Waals surface area contributed by atoms with Crippen molar-refractivity contribution >= 4 is 38.9 Å². The van der Waals surface area contributed by atoms with Crippen LogP contribution in [0.4, 0.5) is 11.4 Å². The first-order valence-electron chi connectivity index (χ1n) is 8.57. The van der Waals surface area contributed by atoms with E-state index in [0.29, 0.717) is 18.9 Å². The first kappa shape index (κ1) is 20.2. The van der Waals surface area contributed by atoms with Crippen LogP contribution in [0.5, 0.6) is 5.75 Å². The number of rotatable bonds is 7. The molecule has 28 heavy (non-hydrogen) atoms. The summed E-state index contributed by atoms with van der Waals surface area (Å²) >= 11 is 9.69. The maximum absolute atomic E-state index is 10.7. The Labute approximate surface area is 176 Å². The van der Waals surface area contributed by atoms with Gasteiger partial charge in [-0.3, -0.25) is 10.1 Å². The summed E-state index contributed by atoms with van der Waals surface area (Å²) in [5, 5.41) is 14.8. The Morgan fingerprint density at radius 3 is 2.50 bits per heavy atom. The van der Waals surface area contributed by atoms with E-state index in [0.717, 1.165) is 31.9 Å². The van der Waals surface area contributed by atoms with Gasteiger partial charge in [0, 0.05) is 29.4 Å². The van der Waals surface area contributed by atoms with Crippen molar-refractivity contribution in [2.45, 2.75) is 20.1 Å². The zero-order valence-electron chi connectivity index (χ0n) is 15.1. The van der Waals surface area contributed by atoms with E-state index >= 15 is 0 Å². The van der Waals surface area contributed by atoms with Crippen molar-refractivity contribution in [2.24, 2.45) is 0 Å². The second-order valence-corrected chi connectivity index (χ2v) is 7.50. The van der Waals surface area contributed by atoms with Gasteiger partial charge in [0.05, 0.1) is 9.40 Å². The molecule has 0 aliphatic heterocycles. The highest BCUT2D eigenvalue weighted by molar-refractivity contribution is 9.10. The van der Waals surface area contributed by atoms with E-state index in [2.05, 4.69) is 21.2 Å². The fourth-order valence-electron chi connectivity index (χ4n) is 2.64. The van der Waals surface area contributed by atoms with Crippen LogP contribution < -0.4 is 10.1 Å². The van der Waals surface area contributed by atoms with E-state index < -0.39 is 4.92 Å². The fraction of sp³-hybridized carbons (Fsp3) is 0.143. The summed E-state index contributed by atoms with van der Waals surface area (Å²) in [6, 6.07) is 18.0. The molecule has 0 atom stereocenters. The topological polar surface area (TPSA) is 64.4 Å². The average Bonchev–Trinajstić information content (AvgIpc) is 2.68. The smallest absolute Gasteiger partial charge is 0.269 e. The molecule has 3 aromatic rings. The Balaban J connectivity index is 1.60. The van der Waals surface area contributed by atoms with Gasteiger partial charge in [0.2, 0.25) is 0 Å². The van der Waals surface area contributed by atoms with Gasteiger partial charge in [-0.15, -0.1) is 0 Å². The number of benzene rings is 3. The van der Waals surface area contributed by atoms with Crippen molar-refractivity contribution in [2.75, 3.05) is 5.32 Å². The third-order valence-corrected chi connectivity index (χ3v) is 5.32. The van der Waals surface area contributed by atoms with Crippen LogP contribution in [0.3, 0.4) is 0 Å². The van der Waals surface area contributed by atoms with Gasteiger partial charge in [-0.05, 0) is 75.9 Å². The zero-order valence-corrected chi connectivity index (χ0v) is 17.5. The van der Waals surface area contributed by atoms with Gasteiger partial charge in [-0.25, -0.2) is 0 Å². The van der Waals surface area contributed by atoms with E-state index in [9.17, 15) is 10.1 Å². The first-order valence-corrected chi connectivity index (χ1v) is 9.74. The summed E-state index contributed by atoms with van der Waals surface area (Å²) in [5.74, 6) is 0.709. The Kier molecular flexibility index (Phi) is 6.54. The Bertz CT molecular complexity index is 993. The monoisotopic (exact) mass is 460 g/mol. The summed E-state index contributed by atoms with van der Waals surface area (Å²) in [5.41, 5.74) is 4.04. The lowest BCUT2D eigenvalue weighted by atomic mass is 10.1. The molecular formula is C21H18BrClN2O3. The van der Waals surface area contributed by atoms with Crippen molar-refractivity contribution in [3.05, 3.63) is 97.0 Å². The second-order valence-electron chi connectivity index (χ2n) is 6.24. The van der Waals surface area contributed by atoms with Gasteiger partial charge in [-0.1, -0.05) is 23.7 Å². The standard InChI is InChI=1S/C21H18BrClN2O3/c1-14-19(23)3-2-4-20(14)24-12-16-7-10-21(18(22)11-16)28-13-15-5-8-17(9-6-15)25(26)27/h2-11,24H,12-13H2,1H3. The summed E-state index contributed by atoms with van der Waals surface area (Å²) in [6.07, 6.45) is 0. The molecule has 3 aromatic carbocycles. The van der Waals surface area contributed by atoms with E-state index in [4.69, 9.17) is 16.3 Å². The van der Waals surface area contributed by atoms with Crippen LogP contribution in [0.1, 0.15) is 16.7 Å². The van der Waals surface area contributed by atoms with Gasteiger partial charge < -0.3 is 10.1 Å². The minimum Gasteiger partial charge on any atom is -0.488 e. The predicted octanol–water partition coefficient (Wildman–Crippen LogP) is 6.51. The minimum absolute atomic E-state index is 0.0664. The summed E-state index contributed by atoms with van der Waals surface area (Å²) in [7, 11) is 0. The number of nitrogens with zero attached hydrogens (tertiary/aromatic N) is 1. The lowest BCUT2D eigenvalue weighted by Crippen LogP contribution is -2.02. The Hall–Kier alpha value is -2.57. The number of nitrogens with one attached hydrogen (secondary N) is 1. The van der Waals surface area contributed by atoms with Gasteiger partial charge in [-0.2, -0.15) is 0 Å². The Morgan fingerprint density at radius 1 is 1.11 bits per heavy atom. The van der Waals surface area contributed by atoms with Crippen molar-refractivity contribution in [3.8, 4) is 5.75 Å². The molecule has 7 heteroatoms. The van der Waals surface area contributed by atoms with Crippen LogP contribution in [-0.4, -0.2) is 4.92 Å². The molecule has 0 radical (unpaired) electrons.